The predicted octanol–water partition coefficient (Wildman–Crippen LogP) is 6.05. The second kappa shape index (κ2) is 11.3. The van der Waals surface area contributed by atoms with Crippen molar-refractivity contribution in [1.82, 2.24) is 29.7 Å². The average Bonchev–Trinajstić information content (AvgIpc) is 3.34. The highest BCUT2D eigenvalue weighted by Gasteiger charge is 2.18. The number of hydrogen-bond acceptors (Lipinski definition) is 8. The Bertz CT molecular complexity index is 1790. The Kier molecular flexibility index (Phi) is 7.46. The van der Waals surface area contributed by atoms with E-state index in [0.717, 1.165) is 5.56 Å². The smallest absolute Gasteiger partial charge is 0.322 e. The van der Waals surface area contributed by atoms with Crippen LogP contribution < -0.4 is 15.4 Å². The first-order chi connectivity index (χ1) is 19.7. The van der Waals surface area contributed by atoms with E-state index >= 15 is 4.39 Å². The molecule has 5 aromatic rings. The Labute approximate surface area is 233 Å². The number of hydrogen-bond donors (Lipinski definition) is 2. The lowest BCUT2D eigenvalue weighted by molar-refractivity contribution is -0.114. The SMILES string of the molecule is C=C(F)C(=O)Nc1ccc(-c2nc(Nc3cnn(C)c3)ncc2-c2ccc(Oc3nccc(C)n3)c(F)c2)c(C)c1. The van der Waals surface area contributed by atoms with Crippen molar-refractivity contribution in [3.05, 3.63) is 96.7 Å². The van der Waals surface area contributed by atoms with Crippen molar-refractivity contribution in [2.24, 2.45) is 7.05 Å². The number of aryl methyl sites for hydroxylation is 3. The predicted molar refractivity (Wildman–Crippen MR) is 150 cm³/mol. The van der Waals surface area contributed by atoms with Gasteiger partial charge >= 0.3 is 6.01 Å². The summed E-state index contributed by atoms with van der Waals surface area (Å²) in [6.45, 7) is 6.61. The van der Waals surface area contributed by atoms with Gasteiger partial charge in [0.25, 0.3) is 5.91 Å². The standard InChI is InChI=1S/C29H24F2N8O2/c1-16-11-20(36-27(40)18(3)30)6-7-22(16)26-23(14-33-28(38-26)37-21-13-34-39(4)15-21)19-5-8-25(24(31)12-19)41-29-32-10-9-17(2)35-29/h5-15H,3H2,1-2,4H3,(H,36,40)(H,33,37,38). The molecule has 0 saturated carbocycles. The molecule has 0 aliphatic heterocycles. The number of carbonyl (C=O) groups excluding carboxylic acids is 1. The fourth-order valence-corrected chi connectivity index (χ4v) is 4.00. The molecule has 0 saturated heterocycles. The molecule has 0 aliphatic carbocycles. The molecule has 0 aliphatic rings. The van der Waals surface area contributed by atoms with E-state index in [1.807, 2.05) is 6.92 Å². The van der Waals surface area contributed by atoms with Crippen molar-refractivity contribution in [3.63, 3.8) is 0 Å². The second-order valence-electron chi connectivity index (χ2n) is 9.10. The molecule has 5 rings (SSSR count). The maximum absolute atomic E-state index is 15.2. The van der Waals surface area contributed by atoms with Crippen LogP contribution in [0.3, 0.4) is 0 Å². The molecule has 10 nitrogen and oxygen atoms in total. The second-order valence-corrected chi connectivity index (χ2v) is 9.10. The van der Waals surface area contributed by atoms with Crippen LogP contribution in [-0.4, -0.2) is 35.6 Å². The number of aromatic nitrogens is 6. The third-order valence-electron chi connectivity index (χ3n) is 5.95. The van der Waals surface area contributed by atoms with Gasteiger partial charge in [-0.15, -0.1) is 0 Å². The van der Waals surface area contributed by atoms with Crippen LogP contribution in [-0.2, 0) is 11.8 Å². The van der Waals surface area contributed by atoms with Gasteiger partial charge < -0.3 is 15.4 Å². The number of halogens is 2. The van der Waals surface area contributed by atoms with Crippen LogP contribution in [0.5, 0.6) is 11.8 Å². The Morgan fingerprint density at radius 2 is 1.83 bits per heavy atom. The largest absolute Gasteiger partial charge is 0.421 e. The molecule has 0 fully saturated rings. The van der Waals surface area contributed by atoms with E-state index in [1.54, 1.807) is 67.6 Å². The van der Waals surface area contributed by atoms with Gasteiger partial charge in [-0.3, -0.25) is 9.48 Å². The van der Waals surface area contributed by atoms with Gasteiger partial charge in [0.15, 0.2) is 17.4 Å². The molecule has 0 bridgehead atoms. The minimum absolute atomic E-state index is 0.0330. The van der Waals surface area contributed by atoms with Gasteiger partial charge in [-0.1, -0.05) is 18.7 Å². The van der Waals surface area contributed by atoms with E-state index in [0.29, 0.717) is 45.4 Å². The van der Waals surface area contributed by atoms with Gasteiger partial charge in [0.05, 0.1) is 17.6 Å². The number of rotatable bonds is 8. The van der Waals surface area contributed by atoms with Crippen molar-refractivity contribution in [2.75, 3.05) is 10.6 Å². The van der Waals surface area contributed by atoms with Crippen molar-refractivity contribution >= 4 is 23.2 Å². The summed E-state index contributed by atoms with van der Waals surface area (Å²) >= 11 is 0. The maximum atomic E-state index is 15.2. The number of amides is 1. The van der Waals surface area contributed by atoms with Gasteiger partial charge in [-0.2, -0.15) is 5.10 Å². The van der Waals surface area contributed by atoms with Crippen LogP contribution in [0.15, 0.2) is 79.7 Å². The Hall–Kier alpha value is -5.52. The number of benzene rings is 2. The first kappa shape index (κ1) is 27.1. The van der Waals surface area contributed by atoms with Crippen LogP contribution in [0.2, 0.25) is 0 Å². The summed E-state index contributed by atoms with van der Waals surface area (Å²) < 4.78 is 35.6. The molecule has 41 heavy (non-hydrogen) atoms. The van der Waals surface area contributed by atoms with Gasteiger partial charge in [-0.25, -0.2) is 28.7 Å². The molecular weight excluding hydrogens is 530 g/mol. The fourth-order valence-electron chi connectivity index (χ4n) is 4.00. The van der Waals surface area contributed by atoms with Gasteiger partial charge in [-0.05, 0) is 55.3 Å². The van der Waals surface area contributed by atoms with Crippen LogP contribution >= 0.6 is 0 Å². The molecule has 12 heteroatoms. The molecular formula is C29H24F2N8O2. The first-order valence-electron chi connectivity index (χ1n) is 12.3. The molecule has 0 unspecified atom stereocenters. The number of ether oxygens (including phenoxy) is 1. The lowest BCUT2D eigenvalue weighted by atomic mass is 9.97. The van der Waals surface area contributed by atoms with Crippen molar-refractivity contribution in [1.29, 1.82) is 0 Å². The minimum Gasteiger partial charge on any atom is -0.421 e. The van der Waals surface area contributed by atoms with Crippen LogP contribution in [0.4, 0.5) is 26.1 Å². The van der Waals surface area contributed by atoms with E-state index in [2.05, 4.69) is 37.3 Å². The summed E-state index contributed by atoms with van der Waals surface area (Å²) in [5.41, 5.74) is 4.67. The molecule has 206 valence electrons. The third-order valence-corrected chi connectivity index (χ3v) is 5.95. The van der Waals surface area contributed by atoms with Crippen LogP contribution in [0.1, 0.15) is 11.3 Å². The van der Waals surface area contributed by atoms with E-state index in [9.17, 15) is 9.18 Å². The zero-order valence-electron chi connectivity index (χ0n) is 22.3. The summed E-state index contributed by atoms with van der Waals surface area (Å²) in [6, 6.07) is 11.2. The minimum atomic E-state index is -1.10. The Balaban J connectivity index is 1.54. The van der Waals surface area contributed by atoms with Crippen LogP contribution in [0, 0.1) is 19.7 Å². The van der Waals surface area contributed by atoms with Crippen molar-refractivity contribution in [2.45, 2.75) is 13.8 Å². The van der Waals surface area contributed by atoms with E-state index in [1.165, 1.54) is 18.3 Å². The maximum Gasteiger partial charge on any atom is 0.322 e. The number of anilines is 3. The highest BCUT2D eigenvalue weighted by molar-refractivity contribution is 6.01. The molecule has 0 spiro atoms. The zero-order valence-corrected chi connectivity index (χ0v) is 22.3. The van der Waals surface area contributed by atoms with Gasteiger partial charge in [0.2, 0.25) is 5.95 Å². The van der Waals surface area contributed by atoms with E-state index < -0.39 is 17.6 Å². The molecule has 3 heterocycles. The number of nitrogens with zero attached hydrogens (tertiary/aromatic N) is 6. The quantitative estimate of drug-likeness (QED) is 0.223. The van der Waals surface area contributed by atoms with Gasteiger partial charge in [0.1, 0.15) is 0 Å². The van der Waals surface area contributed by atoms with Crippen molar-refractivity contribution in [3.8, 4) is 34.1 Å². The Morgan fingerprint density at radius 3 is 2.51 bits per heavy atom. The molecule has 2 N–H and O–H groups in total. The first-order valence-corrected chi connectivity index (χ1v) is 12.3. The number of nitrogens with one attached hydrogen (secondary N) is 2. The molecule has 0 atom stereocenters. The summed E-state index contributed by atoms with van der Waals surface area (Å²) in [7, 11) is 1.79. The fraction of sp³-hybridized carbons (Fsp3) is 0.103. The lowest BCUT2D eigenvalue weighted by Crippen LogP contribution is -2.11. The Morgan fingerprint density at radius 1 is 1.00 bits per heavy atom. The average molecular weight is 555 g/mol. The van der Waals surface area contributed by atoms with E-state index in [4.69, 9.17) is 9.72 Å². The summed E-state index contributed by atoms with van der Waals surface area (Å²) in [5.74, 6) is -2.41. The molecule has 0 radical (unpaired) electrons. The topological polar surface area (TPSA) is 120 Å². The summed E-state index contributed by atoms with van der Waals surface area (Å²) in [5, 5.41) is 9.70. The number of carbonyl (C=O) groups is 1. The molecule has 3 aromatic heterocycles. The normalized spacial score (nSPS) is 10.8. The lowest BCUT2D eigenvalue weighted by Gasteiger charge is -2.15. The van der Waals surface area contributed by atoms with E-state index in [-0.39, 0.29) is 11.8 Å². The summed E-state index contributed by atoms with van der Waals surface area (Å²) in [6.07, 6.45) is 6.51. The monoisotopic (exact) mass is 554 g/mol. The van der Waals surface area contributed by atoms with Crippen molar-refractivity contribution < 1.29 is 18.3 Å². The zero-order chi connectivity index (χ0) is 29.1. The van der Waals surface area contributed by atoms with Gasteiger partial charge in [0, 0.05) is 48.1 Å². The molecule has 1 amide bonds. The third kappa shape index (κ3) is 6.22. The highest BCUT2D eigenvalue weighted by atomic mass is 19.1. The van der Waals surface area contributed by atoms with Crippen LogP contribution in [0.25, 0.3) is 22.4 Å². The molecule has 2 aromatic carbocycles. The highest BCUT2D eigenvalue weighted by Crippen LogP contribution is 2.36. The summed E-state index contributed by atoms with van der Waals surface area (Å²) in [4.78, 5) is 29.1.